The number of halogens is 3. The van der Waals surface area contributed by atoms with Gasteiger partial charge in [0.1, 0.15) is 18.0 Å². The second-order valence-corrected chi connectivity index (χ2v) is 10.4. The Morgan fingerprint density at radius 3 is 2.39 bits per heavy atom. The van der Waals surface area contributed by atoms with Crippen molar-refractivity contribution in [1.29, 1.82) is 0 Å². The molecule has 36 heavy (non-hydrogen) atoms. The standard InChI is InChI=1S/C28H23Cl2FN4O/c29-20-10-18(11-21(30)13-20)28(36)35(23-5-6-23)14-19-9-16(1-7-25(19)31)17-2-8-26-24(12-17)27(33-15-32-26)34-22-3-4-22/h1-2,7-13,15,22-23H,3-6,14H2,(H,32,33,34). The summed E-state index contributed by atoms with van der Waals surface area (Å²) in [6, 6.07) is 16.3. The van der Waals surface area contributed by atoms with Gasteiger partial charge in [-0.1, -0.05) is 35.3 Å². The maximum absolute atomic E-state index is 15.0. The molecular weight excluding hydrogens is 498 g/mol. The van der Waals surface area contributed by atoms with Gasteiger partial charge >= 0.3 is 0 Å². The Morgan fingerprint density at radius 1 is 0.944 bits per heavy atom. The highest BCUT2D eigenvalue weighted by Crippen LogP contribution is 2.34. The van der Waals surface area contributed by atoms with E-state index in [1.165, 1.54) is 6.07 Å². The van der Waals surface area contributed by atoms with Crippen LogP contribution in [0.4, 0.5) is 10.2 Å². The smallest absolute Gasteiger partial charge is 0.254 e. The highest BCUT2D eigenvalue weighted by atomic mass is 35.5. The van der Waals surface area contributed by atoms with Crippen molar-refractivity contribution in [2.45, 2.75) is 44.3 Å². The van der Waals surface area contributed by atoms with Crippen LogP contribution in [0.15, 0.2) is 60.9 Å². The van der Waals surface area contributed by atoms with Crippen LogP contribution in [0.25, 0.3) is 22.0 Å². The summed E-state index contributed by atoms with van der Waals surface area (Å²) in [5, 5.41) is 5.18. The van der Waals surface area contributed by atoms with Gasteiger partial charge in [-0.15, -0.1) is 0 Å². The quantitative estimate of drug-likeness (QED) is 0.281. The zero-order valence-corrected chi connectivity index (χ0v) is 20.9. The van der Waals surface area contributed by atoms with Crippen molar-refractivity contribution in [2.75, 3.05) is 5.32 Å². The highest BCUT2D eigenvalue weighted by molar-refractivity contribution is 6.35. The summed E-state index contributed by atoms with van der Waals surface area (Å²) in [7, 11) is 0. The van der Waals surface area contributed by atoms with E-state index >= 15 is 0 Å². The summed E-state index contributed by atoms with van der Waals surface area (Å²) in [4.78, 5) is 23.9. The molecule has 1 aromatic heterocycles. The molecule has 0 bridgehead atoms. The van der Waals surface area contributed by atoms with E-state index in [1.807, 2.05) is 24.3 Å². The number of benzene rings is 3. The zero-order valence-electron chi connectivity index (χ0n) is 19.3. The number of hydrogen-bond donors (Lipinski definition) is 1. The molecule has 2 aliphatic rings. The number of carbonyl (C=O) groups excluding carboxylic acids is 1. The maximum Gasteiger partial charge on any atom is 0.254 e. The van der Waals surface area contributed by atoms with Gasteiger partial charge in [-0.2, -0.15) is 0 Å². The molecule has 0 radical (unpaired) electrons. The van der Waals surface area contributed by atoms with Crippen LogP contribution in [-0.2, 0) is 6.54 Å². The fourth-order valence-electron chi connectivity index (χ4n) is 4.43. The van der Waals surface area contributed by atoms with Crippen molar-refractivity contribution in [3.63, 3.8) is 0 Å². The first kappa shape index (κ1) is 23.2. The van der Waals surface area contributed by atoms with Crippen molar-refractivity contribution in [3.8, 4) is 11.1 Å². The van der Waals surface area contributed by atoms with Crippen LogP contribution in [0.3, 0.4) is 0 Å². The zero-order chi connectivity index (χ0) is 24.8. The molecule has 3 aromatic carbocycles. The monoisotopic (exact) mass is 520 g/mol. The third kappa shape index (κ3) is 4.88. The van der Waals surface area contributed by atoms with E-state index in [0.717, 1.165) is 53.5 Å². The molecule has 1 heterocycles. The fraction of sp³-hybridized carbons (Fsp3) is 0.250. The lowest BCUT2D eigenvalue weighted by atomic mass is 10.0. The number of anilines is 1. The largest absolute Gasteiger partial charge is 0.367 e. The minimum Gasteiger partial charge on any atom is -0.367 e. The van der Waals surface area contributed by atoms with Crippen molar-refractivity contribution in [1.82, 2.24) is 14.9 Å². The molecule has 182 valence electrons. The molecule has 4 aromatic rings. The molecule has 0 saturated heterocycles. The number of hydrogen-bond acceptors (Lipinski definition) is 4. The maximum atomic E-state index is 15.0. The lowest BCUT2D eigenvalue weighted by Crippen LogP contribution is -2.33. The minimum absolute atomic E-state index is 0.0761. The molecule has 2 aliphatic carbocycles. The van der Waals surface area contributed by atoms with Gasteiger partial charge in [0.2, 0.25) is 0 Å². The van der Waals surface area contributed by atoms with Crippen molar-refractivity contribution < 1.29 is 9.18 Å². The van der Waals surface area contributed by atoms with Crippen LogP contribution >= 0.6 is 23.2 Å². The lowest BCUT2D eigenvalue weighted by molar-refractivity contribution is 0.0728. The molecule has 2 saturated carbocycles. The average molecular weight is 521 g/mol. The summed E-state index contributed by atoms with van der Waals surface area (Å²) in [5.74, 6) is 0.268. The molecule has 0 atom stereocenters. The van der Waals surface area contributed by atoms with Crippen molar-refractivity contribution >= 4 is 45.8 Å². The minimum atomic E-state index is -0.346. The highest BCUT2D eigenvalue weighted by Gasteiger charge is 2.34. The van der Waals surface area contributed by atoms with Gasteiger partial charge in [0.15, 0.2) is 0 Å². The first-order valence-corrected chi connectivity index (χ1v) is 12.8. The van der Waals surface area contributed by atoms with Crippen molar-refractivity contribution in [3.05, 3.63) is 87.9 Å². The molecule has 8 heteroatoms. The topological polar surface area (TPSA) is 58.1 Å². The van der Waals surface area contributed by atoms with Crippen LogP contribution in [0.2, 0.25) is 10.0 Å². The summed E-state index contributed by atoms with van der Waals surface area (Å²) >= 11 is 12.2. The number of nitrogens with one attached hydrogen (secondary N) is 1. The molecule has 0 unspecified atom stereocenters. The lowest BCUT2D eigenvalue weighted by Gasteiger charge is -2.23. The molecule has 0 aliphatic heterocycles. The molecule has 1 amide bonds. The normalized spacial score (nSPS) is 15.2. The number of aromatic nitrogens is 2. The summed E-state index contributed by atoms with van der Waals surface area (Å²) in [6.07, 6.45) is 5.64. The van der Waals surface area contributed by atoms with Gasteiger partial charge in [-0.05, 0) is 79.3 Å². The Labute approximate surface area is 218 Å². The summed E-state index contributed by atoms with van der Waals surface area (Å²) in [6.45, 7) is 0.165. The van der Waals surface area contributed by atoms with Gasteiger partial charge in [0, 0.05) is 45.2 Å². The Balaban J connectivity index is 1.32. The van der Waals surface area contributed by atoms with Gasteiger partial charge in [-0.25, -0.2) is 14.4 Å². The average Bonchev–Trinajstić information content (AvgIpc) is 3.78. The van der Waals surface area contributed by atoms with E-state index in [2.05, 4.69) is 15.3 Å². The summed E-state index contributed by atoms with van der Waals surface area (Å²) in [5.41, 5.74) is 3.51. The van der Waals surface area contributed by atoms with Crippen LogP contribution in [0.1, 0.15) is 41.6 Å². The van der Waals surface area contributed by atoms with Gasteiger partial charge < -0.3 is 10.2 Å². The molecule has 2 fully saturated rings. The third-order valence-corrected chi connectivity index (χ3v) is 7.07. The predicted octanol–water partition coefficient (Wildman–Crippen LogP) is 7.12. The molecular formula is C28H23Cl2FN4O. The van der Waals surface area contributed by atoms with E-state index in [0.29, 0.717) is 27.2 Å². The number of rotatable bonds is 7. The van der Waals surface area contributed by atoms with E-state index in [-0.39, 0.29) is 24.3 Å². The SMILES string of the molecule is O=C(c1cc(Cl)cc(Cl)c1)N(Cc1cc(-c2ccc3ncnc(NC4CC4)c3c2)ccc1F)C1CC1. The number of carbonyl (C=O) groups is 1. The second-order valence-electron chi connectivity index (χ2n) is 9.50. The molecule has 6 rings (SSSR count). The third-order valence-electron chi connectivity index (χ3n) is 6.63. The Morgan fingerprint density at radius 2 is 1.67 bits per heavy atom. The Kier molecular flexibility index (Phi) is 6.02. The first-order valence-electron chi connectivity index (χ1n) is 12.0. The Bertz CT molecular complexity index is 1470. The van der Waals surface area contributed by atoms with Crippen LogP contribution < -0.4 is 5.32 Å². The molecule has 1 N–H and O–H groups in total. The predicted molar refractivity (Wildman–Crippen MR) is 141 cm³/mol. The second kappa shape index (κ2) is 9.34. The van der Waals surface area contributed by atoms with E-state index in [1.54, 1.807) is 35.5 Å². The van der Waals surface area contributed by atoms with Crippen molar-refractivity contribution in [2.24, 2.45) is 0 Å². The number of fused-ring (bicyclic) bond motifs is 1. The van der Waals surface area contributed by atoms with Gasteiger partial charge in [0.05, 0.1) is 5.52 Å². The Hall–Kier alpha value is -3.22. The molecule has 5 nitrogen and oxygen atoms in total. The van der Waals surface area contributed by atoms with E-state index < -0.39 is 0 Å². The first-order chi connectivity index (χ1) is 17.4. The van der Waals surface area contributed by atoms with E-state index in [4.69, 9.17) is 23.2 Å². The number of amides is 1. The van der Waals surface area contributed by atoms with Crippen LogP contribution in [-0.4, -0.2) is 32.9 Å². The van der Waals surface area contributed by atoms with Gasteiger partial charge in [0.25, 0.3) is 5.91 Å². The summed E-state index contributed by atoms with van der Waals surface area (Å²) < 4.78 is 15.0. The van der Waals surface area contributed by atoms with E-state index in [9.17, 15) is 9.18 Å². The van der Waals surface area contributed by atoms with Gasteiger partial charge in [-0.3, -0.25) is 4.79 Å². The molecule has 0 spiro atoms. The fourth-order valence-corrected chi connectivity index (χ4v) is 4.95. The van der Waals surface area contributed by atoms with Crippen LogP contribution in [0, 0.1) is 5.82 Å². The van der Waals surface area contributed by atoms with Crippen LogP contribution in [0.5, 0.6) is 0 Å². The number of nitrogens with zero attached hydrogens (tertiary/aromatic N) is 3.